The predicted molar refractivity (Wildman–Crippen MR) is 117 cm³/mol. The van der Waals surface area contributed by atoms with Gasteiger partial charge in [-0.1, -0.05) is 72.8 Å². The molecule has 0 aliphatic heterocycles. The van der Waals surface area contributed by atoms with Crippen molar-refractivity contribution in [3.05, 3.63) is 83.9 Å². The molecule has 0 aromatic heterocycles. The number of benzene rings is 3. The van der Waals surface area contributed by atoms with Crippen LogP contribution < -0.4 is 10.6 Å². The van der Waals surface area contributed by atoms with Crippen LogP contribution in [0.1, 0.15) is 30.1 Å². The molecule has 158 valence electrons. The molecule has 1 atom stereocenters. The lowest BCUT2D eigenvalue weighted by molar-refractivity contribution is -0.156. The Morgan fingerprint density at radius 2 is 1.61 bits per heavy atom. The van der Waals surface area contributed by atoms with Gasteiger partial charge in [0, 0.05) is 11.6 Å². The molecule has 6 heteroatoms. The summed E-state index contributed by atoms with van der Waals surface area (Å²) >= 11 is 0. The summed E-state index contributed by atoms with van der Waals surface area (Å²) in [6.07, 6.45) is 0.986. The maximum absolute atomic E-state index is 12.6. The first-order valence-corrected chi connectivity index (χ1v) is 10.4. The SMILES string of the molecule is O=C(Cc1cccc2ccccc12)NCC(=O)O[C@@H](C(=O)NC1CC1)c1ccccc1. The highest BCUT2D eigenvalue weighted by Gasteiger charge is 2.30. The van der Waals surface area contributed by atoms with Crippen molar-refractivity contribution in [2.24, 2.45) is 0 Å². The van der Waals surface area contributed by atoms with E-state index in [1.807, 2.05) is 48.5 Å². The van der Waals surface area contributed by atoms with E-state index in [-0.39, 0.29) is 30.8 Å². The minimum atomic E-state index is -1.04. The number of carbonyl (C=O) groups excluding carboxylic acids is 3. The minimum absolute atomic E-state index is 0.151. The van der Waals surface area contributed by atoms with Crippen LogP contribution in [-0.4, -0.2) is 30.4 Å². The summed E-state index contributed by atoms with van der Waals surface area (Å²) in [7, 11) is 0. The van der Waals surface area contributed by atoms with Gasteiger partial charge in [-0.3, -0.25) is 14.4 Å². The molecule has 1 aliphatic carbocycles. The van der Waals surface area contributed by atoms with Gasteiger partial charge in [-0.05, 0) is 29.2 Å². The van der Waals surface area contributed by atoms with Gasteiger partial charge in [0.25, 0.3) is 5.91 Å². The Morgan fingerprint density at radius 1 is 0.903 bits per heavy atom. The lowest BCUT2D eigenvalue weighted by atomic mass is 10.0. The zero-order chi connectivity index (χ0) is 21.6. The highest BCUT2D eigenvalue weighted by molar-refractivity contribution is 5.91. The van der Waals surface area contributed by atoms with E-state index in [0.29, 0.717) is 5.56 Å². The van der Waals surface area contributed by atoms with Crippen LogP contribution in [0.25, 0.3) is 10.8 Å². The topological polar surface area (TPSA) is 84.5 Å². The normalized spacial score (nSPS) is 13.9. The maximum Gasteiger partial charge on any atom is 0.326 e. The van der Waals surface area contributed by atoms with Crippen molar-refractivity contribution < 1.29 is 19.1 Å². The highest BCUT2D eigenvalue weighted by atomic mass is 16.5. The largest absolute Gasteiger partial charge is 0.446 e. The van der Waals surface area contributed by atoms with Crippen LogP contribution in [-0.2, 0) is 25.5 Å². The molecular weight excluding hydrogens is 392 g/mol. The van der Waals surface area contributed by atoms with Crippen LogP contribution in [0.3, 0.4) is 0 Å². The van der Waals surface area contributed by atoms with E-state index in [9.17, 15) is 14.4 Å². The second-order valence-electron chi connectivity index (χ2n) is 7.66. The second-order valence-corrected chi connectivity index (χ2v) is 7.66. The number of ether oxygens (including phenoxy) is 1. The number of esters is 1. The first kappa shape index (κ1) is 20.6. The zero-order valence-corrected chi connectivity index (χ0v) is 17.0. The Hall–Kier alpha value is -3.67. The monoisotopic (exact) mass is 416 g/mol. The smallest absolute Gasteiger partial charge is 0.326 e. The molecule has 0 spiro atoms. The van der Waals surface area contributed by atoms with Crippen molar-refractivity contribution in [2.45, 2.75) is 31.4 Å². The summed E-state index contributed by atoms with van der Waals surface area (Å²) in [5.41, 5.74) is 1.48. The lowest BCUT2D eigenvalue weighted by Gasteiger charge is -2.18. The zero-order valence-electron chi connectivity index (χ0n) is 17.0. The van der Waals surface area contributed by atoms with Crippen molar-refractivity contribution in [1.82, 2.24) is 10.6 Å². The van der Waals surface area contributed by atoms with Crippen molar-refractivity contribution >= 4 is 28.6 Å². The van der Waals surface area contributed by atoms with Crippen LogP contribution in [0.2, 0.25) is 0 Å². The summed E-state index contributed by atoms with van der Waals surface area (Å²) in [5.74, 6) is -1.29. The van der Waals surface area contributed by atoms with Crippen molar-refractivity contribution in [1.29, 1.82) is 0 Å². The molecular formula is C25H24N2O4. The molecule has 1 aliphatic rings. The number of carbonyl (C=O) groups is 3. The number of amides is 2. The first-order chi connectivity index (χ1) is 15.1. The third-order valence-corrected chi connectivity index (χ3v) is 5.17. The average molecular weight is 416 g/mol. The molecule has 6 nitrogen and oxygen atoms in total. The summed E-state index contributed by atoms with van der Waals surface area (Å²) in [6, 6.07) is 22.7. The van der Waals surface area contributed by atoms with Gasteiger partial charge in [-0.15, -0.1) is 0 Å². The Morgan fingerprint density at radius 3 is 2.39 bits per heavy atom. The van der Waals surface area contributed by atoms with Crippen LogP contribution in [0.5, 0.6) is 0 Å². The first-order valence-electron chi connectivity index (χ1n) is 10.4. The molecule has 31 heavy (non-hydrogen) atoms. The number of nitrogens with one attached hydrogen (secondary N) is 2. The standard InChI is InChI=1S/C25H24N2O4/c28-22(15-19-11-6-10-17-7-4-5-12-21(17)19)26-16-23(29)31-24(18-8-2-1-3-9-18)25(30)27-20-13-14-20/h1-12,20,24H,13-16H2,(H,26,28)(H,27,30)/t24-/m1/s1. The van der Waals surface area contributed by atoms with E-state index in [2.05, 4.69) is 10.6 Å². The quantitative estimate of drug-likeness (QED) is 0.553. The summed E-state index contributed by atoms with van der Waals surface area (Å²) < 4.78 is 5.43. The van der Waals surface area contributed by atoms with Gasteiger partial charge in [-0.25, -0.2) is 0 Å². The Bertz CT molecular complexity index is 1090. The third kappa shape index (κ3) is 5.48. The van der Waals surface area contributed by atoms with E-state index < -0.39 is 12.1 Å². The Kier molecular flexibility index (Phi) is 6.26. The molecule has 4 rings (SSSR count). The van der Waals surface area contributed by atoms with E-state index in [4.69, 9.17) is 4.74 Å². The minimum Gasteiger partial charge on any atom is -0.446 e. The highest BCUT2D eigenvalue weighted by Crippen LogP contribution is 2.23. The molecule has 1 fully saturated rings. The number of hydrogen-bond acceptors (Lipinski definition) is 4. The molecule has 2 N–H and O–H groups in total. The predicted octanol–water partition coefficient (Wildman–Crippen LogP) is 3.06. The fourth-order valence-corrected chi connectivity index (χ4v) is 3.43. The van der Waals surface area contributed by atoms with Gasteiger partial charge < -0.3 is 15.4 Å². The summed E-state index contributed by atoms with van der Waals surface area (Å²) in [5, 5.41) is 7.53. The molecule has 0 heterocycles. The van der Waals surface area contributed by atoms with E-state index in [1.165, 1.54) is 0 Å². The van der Waals surface area contributed by atoms with E-state index in [0.717, 1.165) is 29.2 Å². The number of fused-ring (bicyclic) bond motifs is 1. The summed E-state index contributed by atoms with van der Waals surface area (Å²) in [4.78, 5) is 37.3. The Labute approximate surface area is 180 Å². The van der Waals surface area contributed by atoms with Crippen molar-refractivity contribution in [3.63, 3.8) is 0 Å². The van der Waals surface area contributed by atoms with Crippen molar-refractivity contribution in [2.75, 3.05) is 6.54 Å². The van der Waals surface area contributed by atoms with Gasteiger partial charge >= 0.3 is 5.97 Å². The maximum atomic E-state index is 12.6. The molecule has 0 saturated heterocycles. The van der Waals surface area contributed by atoms with E-state index >= 15 is 0 Å². The van der Waals surface area contributed by atoms with Crippen LogP contribution in [0, 0.1) is 0 Å². The van der Waals surface area contributed by atoms with Gasteiger partial charge in [0.2, 0.25) is 12.0 Å². The van der Waals surface area contributed by atoms with Crippen molar-refractivity contribution in [3.8, 4) is 0 Å². The molecule has 1 saturated carbocycles. The van der Waals surface area contributed by atoms with Gasteiger partial charge in [0.15, 0.2) is 0 Å². The number of rotatable bonds is 8. The molecule has 0 unspecified atom stereocenters. The van der Waals surface area contributed by atoms with Crippen LogP contribution in [0.15, 0.2) is 72.8 Å². The summed E-state index contributed by atoms with van der Waals surface area (Å²) in [6.45, 7) is -0.302. The fourth-order valence-electron chi connectivity index (χ4n) is 3.43. The van der Waals surface area contributed by atoms with E-state index in [1.54, 1.807) is 24.3 Å². The Balaban J connectivity index is 1.35. The molecule has 0 radical (unpaired) electrons. The molecule has 3 aromatic rings. The molecule has 2 amide bonds. The number of hydrogen-bond donors (Lipinski definition) is 2. The fraction of sp³-hybridized carbons (Fsp3) is 0.240. The lowest BCUT2D eigenvalue weighted by Crippen LogP contribution is -2.37. The third-order valence-electron chi connectivity index (χ3n) is 5.17. The van der Waals surface area contributed by atoms with Gasteiger partial charge in [-0.2, -0.15) is 0 Å². The average Bonchev–Trinajstić information content (AvgIpc) is 3.61. The molecule has 0 bridgehead atoms. The van der Waals surface area contributed by atoms with Gasteiger partial charge in [0.05, 0.1) is 6.42 Å². The van der Waals surface area contributed by atoms with Gasteiger partial charge in [0.1, 0.15) is 6.54 Å². The molecule has 3 aromatic carbocycles. The second kappa shape index (κ2) is 9.43. The van der Waals surface area contributed by atoms with Crippen LogP contribution in [0.4, 0.5) is 0 Å². The van der Waals surface area contributed by atoms with Crippen LogP contribution >= 0.6 is 0 Å².